The Kier molecular flexibility index (Phi) is 3.03. The van der Waals surface area contributed by atoms with Crippen molar-refractivity contribution < 1.29 is 0 Å². The molecular weight excluding hydrogens is 218 g/mol. The van der Waals surface area contributed by atoms with E-state index in [0.29, 0.717) is 0 Å². The molecule has 0 aliphatic heterocycles. The van der Waals surface area contributed by atoms with E-state index in [1.165, 1.54) is 11.1 Å². The first-order valence-corrected chi connectivity index (χ1v) is 6.05. The zero-order valence-corrected chi connectivity index (χ0v) is 10.5. The standard InChI is InChI=1S/C12H15N3S/c1-7-4-8(2)6-10(5-7)12-15-14-11(16-12)9(3)13/h4-6,9H,13H2,1-3H3. The van der Waals surface area contributed by atoms with Crippen LogP contribution in [-0.4, -0.2) is 10.2 Å². The number of aryl methyl sites for hydroxylation is 2. The molecule has 0 amide bonds. The van der Waals surface area contributed by atoms with E-state index >= 15 is 0 Å². The molecule has 0 aliphatic carbocycles. The van der Waals surface area contributed by atoms with Crippen molar-refractivity contribution in [3.05, 3.63) is 34.3 Å². The molecular formula is C12H15N3S. The lowest BCUT2D eigenvalue weighted by Crippen LogP contribution is -2.03. The van der Waals surface area contributed by atoms with Crippen molar-refractivity contribution in [2.75, 3.05) is 0 Å². The van der Waals surface area contributed by atoms with Crippen LogP contribution >= 0.6 is 11.3 Å². The Morgan fingerprint density at radius 3 is 2.25 bits per heavy atom. The summed E-state index contributed by atoms with van der Waals surface area (Å²) in [5, 5.41) is 10.1. The van der Waals surface area contributed by atoms with E-state index in [2.05, 4.69) is 42.2 Å². The van der Waals surface area contributed by atoms with Gasteiger partial charge in [-0.25, -0.2) is 0 Å². The summed E-state index contributed by atoms with van der Waals surface area (Å²) < 4.78 is 0. The highest BCUT2D eigenvalue weighted by Crippen LogP contribution is 2.27. The van der Waals surface area contributed by atoms with Gasteiger partial charge in [-0.05, 0) is 32.9 Å². The number of hydrogen-bond acceptors (Lipinski definition) is 4. The first kappa shape index (κ1) is 11.2. The summed E-state index contributed by atoms with van der Waals surface area (Å²) in [7, 11) is 0. The van der Waals surface area contributed by atoms with Crippen molar-refractivity contribution in [2.45, 2.75) is 26.8 Å². The van der Waals surface area contributed by atoms with Crippen LogP contribution in [0, 0.1) is 13.8 Å². The number of nitrogens with two attached hydrogens (primary N) is 1. The lowest BCUT2D eigenvalue weighted by molar-refractivity contribution is 0.786. The van der Waals surface area contributed by atoms with Crippen molar-refractivity contribution >= 4 is 11.3 Å². The minimum atomic E-state index is -0.0443. The first-order valence-electron chi connectivity index (χ1n) is 5.24. The molecule has 2 aromatic rings. The second kappa shape index (κ2) is 4.31. The van der Waals surface area contributed by atoms with Crippen LogP contribution < -0.4 is 5.73 Å². The van der Waals surface area contributed by atoms with Gasteiger partial charge >= 0.3 is 0 Å². The van der Waals surface area contributed by atoms with Crippen LogP contribution in [0.2, 0.25) is 0 Å². The Hall–Kier alpha value is -1.26. The summed E-state index contributed by atoms with van der Waals surface area (Å²) in [6, 6.07) is 6.35. The molecule has 0 fully saturated rings. The average Bonchev–Trinajstić information content (AvgIpc) is 2.64. The van der Waals surface area contributed by atoms with Gasteiger partial charge in [0.2, 0.25) is 0 Å². The predicted octanol–water partition coefficient (Wildman–Crippen LogP) is 2.84. The Bertz CT molecular complexity index is 482. The summed E-state index contributed by atoms with van der Waals surface area (Å²) in [5.74, 6) is 0. The van der Waals surface area contributed by atoms with Gasteiger partial charge in [-0.2, -0.15) is 0 Å². The fraction of sp³-hybridized carbons (Fsp3) is 0.333. The highest BCUT2D eigenvalue weighted by molar-refractivity contribution is 7.14. The molecule has 0 aliphatic rings. The van der Waals surface area contributed by atoms with E-state index in [1.54, 1.807) is 11.3 Å². The topological polar surface area (TPSA) is 51.8 Å². The Balaban J connectivity index is 2.42. The smallest absolute Gasteiger partial charge is 0.147 e. The van der Waals surface area contributed by atoms with E-state index < -0.39 is 0 Å². The molecule has 2 N–H and O–H groups in total. The SMILES string of the molecule is Cc1cc(C)cc(-c2nnc(C(C)N)s2)c1. The third-order valence-electron chi connectivity index (χ3n) is 2.30. The molecule has 4 heteroatoms. The molecule has 0 saturated carbocycles. The molecule has 1 aromatic carbocycles. The Morgan fingerprint density at radius 1 is 1.12 bits per heavy atom. The minimum absolute atomic E-state index is 0.0443. The van der Waals surface area contributed by atoms with E-state index in [0.717, 1.165) is 15.6 Å². The van der Waals surface area contributed by atoms with Crippen molar-refractivity contribution in [3.8, 4) is 10.6 Å². The van der Waals surface area contributed by atoms with Gasteiger partial charge in [-0.1, -0.05) is 28.5 Å². The molecule has 0 spiro atoms. The van der Waals surface area contributed by atoms with Crippen molar-refractivity contribution in [3.63, 3.8) is 0 Å². The molecule has 1 atom stereocenters. The fourth-order valence-corrected chi connectivity index (χ4v) is 2.42. The van der Waals surface area contributed by atoms with Crippen LogP contribution in [0.4, 0.5) is 0 Å². The van der Waals surface area contributed by atoms with E-state index in [-0.39, 0.29) is 6.04 Å². The van der Waals surface area contributed by atoms with Crippen LogP contribution in [0.25, 0.3) is 10.6 Å². The molecule has 2 rings (SSSR count). The van der Waals surface area contributed by atoms with Crippen molar-refractivity contribution in [1.82, 2.24) is 10.2 Å². The lowest BCUT2D eigenvalue weighted by Gasteiger charge is -2.00. The summed E-state index contributed by atoms with van der Waals surface area (Å²) in [4.78, 5) is 0. The van der Waals surface area contributed by atoms with Gasteiger partial charge in [0.25, 0.3) is 0 Å². The maximum absolute atomic E-state index is 5.77. The molecule has 0 radical (unpaired) electrons. The van der Waals surface area contributed by atoms with Crippen molar-refractivity contribution in [1.29, 1.82) is 0 Å². The molecule has 84 valence electrons. The normalized spacial score (nSPS) is 12.8. The van der Waals surface area contributed by atoms with Gasteiger partial charge in [0.15, 0.2) is 0 Å². The first-order chi connectivity index (χ1) is 7.56. The van der Waals surface area contributed by atoms with Crippen LogP contribution in [0.5, 0.6) is 0 Å². The fourth-order valence-electron chi connectivity index (χ4n) is 1.63. The van der Waals surface area contributed by atoms with Gasteiger partial charge in [0.05, 0.1) is 6.04 Å². The Labute approximate surface area is 99.3 Å². The van der Waals surface area contributed by atoms with Gasteiger partial charge in [-0.3, -0.25) is 0 Å². The Morgan fingerprint density at radius 2 is 1.75 bits per heavy atom. The number of benzene rings is 1. The number of rotatable bonds is 2. The summed E-state index contributed by atoms with van der Waals surface area (Å²) >= 11 is 1.56. The van der Waals surface area contributed by atoms with Gasteiger partial charge in [-0.15, -0.1) is 10.2 Å². The van der Waals surface area contributed by atoms with Crippen LogP contribution in [0.1, 0.15) is 29.1 Å². The third kappa shape index (κ3) is 2.28. The average molecular weight is 233 g/mol. The number of nitrogens with zero attached hydrogens (tertiary/aromatic N) is 2. The minimum Gasteiger partial charge on any atom is -0.322 e. The van der Waals surface area contributed by atoms with Gasteiger partial charge in [0.1, 0.15) is 10.0 Å². The lowest BCUT2D eigenvalue weighted by atomic mass is 10.1. The van der Waals surface area contributed by atoms with Crippen LogP contribution in [0.15, 0.2) is 18.2 Å². The largest absolute Gasteiger partial charge is 0.322 e. The maximum atomic E-state index is 5.77. The van der Waals surface area contributed by atoms with E-state index in [4.69, 9.17) is 5.73 Å². The molecule has 0 bridgehead atoms. The highest BCUT2D eigenvalue weighted by atomic mass is 32.1. The maximum Gasteiger partial charge on any atom is 0.147 e. The summed E-state index contributed by atoms with van der Waals surface area (Å²) in [5.41, 5.74) is 9.39. The third-order valence-corrected chi connectivity index (χ3v) is 3.47. The molecule has 16 heavy (non-hydrogen) atoms. The highest BCUT2D eigenvalue weighted by Gasteiger charge is 2.10. The number of hydrogen-bond donors (Lipinski definition) is 1. The molecule has 1 unspecified atom stereocenters. The molecule has 1 aromatic heterocycles. The van der Waals surface area contributed by atoms with Gasteiger partial charge in [0, 0.05) is 5.56 Å². The molecule has 1 heterocycles. The van der Waals surface area contributed by atoms with Crippen LogP contribution in [-0.2, 0) is 0 Å². The van der Waals surface area contributed by atoms with E-state index in [9.17, 15) is 0 Å². The van der Waals surface area contributed by atoms with Crippen LogP contribution in [0.3, 0.4) is 0 Å². The quantitative estimate of drug-likeness (QED) is 0.867. The molecule has 0 saturated heterocycles. The second-order valence-electron chi connectivity index (χ2n) is 4.11. The summed E-state index contributed by atoms with van der Waals surface area (Å²) in [6.07, 6.45) is 0. The van der Waals surface area contributed by atoms with E-state index in [1.807, 2.05) is 6.92 Å². The monoisotopic (exact) mass is 233 g/mol. The van der Waals surface area contributed by atoms with Crippen molar-refractivity contribution in [2.24, 2.45) is 5.73 Å². The predicted molar refractivity (Wildman–Crippen MR) is 67.4 cm³/mol. The molecule has 3 nitrogen and oxygen atoms in total. The number of aromatic nitrogens is 2. The summed E-state index contributed by atoms with van der Waals surface area (Å²) in [6.45, 7) is 6.10. The second-order valence-corrected chi connectivity index (χ2v) is 5.12. The van der Waals surface area contributed by atoms with Gasteiger partial charge < -0.3 is 5.73 Å². The zero-order valence-electron chi connectivity index (χ0n) is 9.69. The zero-order chi connectivity index (χ0) is 11.7.